The number of nitriles is 1. The Morgan fingerprint density at radius 3 is 2.57 bits per heavy atom. The van der Waals surface area contributed by atoms with Gasteiger partial charge >= 0.3 is 0 Å². The molecule has 5 heteroatoms. The monoisotopic (exact) mass is 315 g/mol. The number of nitrogens with zero attached hydrogens (tertiary/aromatic N) is 2. The van der Waals surface area contributed by atoms with Gasteiger partial charge in [0.25, 0.3) is 0 Å². The normalized spacial score (nSPS) is 15.5. The van der Waals surface area contributed by atoms with Crippen LogP contribution in [-0.4, -0.2) is 43.2 Å². The summed E-state index contributed by atoms with van der Waals surface area (Å²) in [7, 11) is 0. The van der Waals surface area contributed by atoms with Crippen molar-refractivity contribution < 1.29 is 9.53 Å². The van der Waals surface area contributed by atoms with E-state index in [1.165, 1.54) is 0 Å². The third-order valence-electron chi connectivity index (χ3n) is 3.92. The first-order chi connectivity index (χ1) is 11.1. The van der Waals surface area contributed by atoms with Crippen molar-refractivity contribution in [2.45, 2.75) is 32.8 Å². The highest BCUT2D eigenvalue weighted by molar-refractivity contribution is 5.81. The van der Waals surface area contributed by atoms with Gasteiger partial charge in [0.15, 0.2) is 0 Å². The number of piperidine rings is 1. The minimum absolute atomic E-state index is 0.108. The van der Waals surface area contributed by atoms with Crippen LogP contribution in [0.5, 0.6) is 0 Å². The number of likely N-dealkylation sites (tertiary alicyclic amines) is 1. The second-order valence-corrected chi connectivity index (χ2v) is 6.35. The quantitative estimate of drug-likeness (QED) is 0.876. The molecule has 1 fully saturated rings. The lowest BCUT2D eigenvalue weighted by atomic mass is 10.1. The van der Waals surface area contributed by atoms with Crippen molar-refractivity contribution in [1.82, 2.24) is 4.90 Å². The number of nitrogens with one attached hydrogen (secondary N) is 1. The number of anilines is 1. The zero-order chi connectivity index (χ0) is 16.7. The van der Waals surface area contributed by atoms with E-state index >= 15 is 0 Å². The third-order valence-corrected chi connectivity index (χ3v) is 3.92. The lowest BCUT2D eigenvalue weighted by molar-refractivity contribution is -0.132. The van der Waals surface area contributed by atoms with E-state index in [1.54, 1.807) is 12.1 Å². The SMILES string of the molecule is CC(C)COC1CCN(C(=O)CNc2ccc(C#N)cc2)CC1. The fourth-order valence-electron chi connectivity index (χ4n) is 2.55. The highest BCUT2D eigenvalue weighted by atomic mass is 16.5. The van der Waals surface area contributed by atoms with Crippen molar-refractivity contribution in [3.63, 3.8) is 0 Å². The smallest absolute Gasteiger partial charge is 0.241 e. The lowest BCUT2D eigenvalue weighted by Gasteiger charge is -2.32. The standard InChI is InChI=1S/C18H25N3O2/c1-14(2)13-23-17-7-9-21(10-8-17)18(22)12-20-16-5-3-15(11-19)4-6-16/h3-6,14,17,20H,7-10,12-13H2,1-2H3. The van der Waals surface area contributed by atoms with Gasteiger partial charge in [-0.25, -0.2) is 0 Å². The highest BCUT2D eigenvalue weighted by Crippen LogP contribution is 2.15. The maximum atomic E-state index is 12.2. The van der Waals surface area contributed by atoms with Crippen LogP contribution in [0, 0.1) is 17.2 Å². The predicted molar refractivity (Wildman–Crippen MR) is 90.0 cm³/mol. The van der Waals surface area contributed by atoms with Crippen LogP contribution in [0.2, 0.25) is 0 Å². The Kier molecular flexibility index (Phi) is 6.42. The van der Waals surface area contributed by atoms with E-state index in [-0.39, 0.29) is 18.6 Å². The first kappa shape index (κ1) is 17.3. The molecule has 1 aromatic rings. The molecule has 0 radical (unpaired) electrons. The number of carbonyl (C=O) groups excluding carboxylic acids is 1. The molecular formula is C18H25N3O2. The first-order valence-electron chi connectivity index (χ1n) is 8.22. The van der Waals surface area contributed by atoms with Gasteiger partial charge in [-0.15, -0.1) is 0 Å². The molecule has 1 aliphatic rings. The Morgan fingerprint density at radius 1 is 1.35 bits per heavy atom. The molecule has 1 aromatic carbocycles. The van der Waals surface area contributed by atoms with Gasteiger partial charge in [-0.05, 0) is 43.0 Å². The molecule has 5 nitrogen and oxygen atoms in total. The number of benzene rings is 1. The van der Waals surface area contributed by atoms with Crippen LogP contribution in [0.15, 0.2) is 24.3 Å². The summed E-state index contributed by atoms with van der Waals surface area (Å²) in [6.07, 6.45) is 2.11. The molecule has 1 amide bonds. The Bertz CT molecular complexity index is 540. The average molecular weight is 315 g/mol. The van der Waals surface area contributed by atoms with E-state index in [0.29, 0.717) is 11.5 Å². The Labute approximate surface area is 138 Å². The van der Waals surface area contributed by atoms with Gasteiger partial charge in [-0.2, -0.15) is 5.26 Å². The molecule has 1 saturated heterocycles. The van der Waals surface area contributed by atoms with Gasteiger partial charge in [0.2, 0.25) is 5.91 Å². The molecule has 0 bridgehead atoms. The van der Waals surface area contributed by atoms with Crippen molar-refractivity contribution in [3.8, 4) is 6.07 Å². The van der Waals surface area contributed by atoms with Gasteiger partial charge in [-0.3, -0.25) is 4.79 Å². The Morgan fingerprint density at radius 2 is 2.00 bits per heavy atom. The van der Waals surface area contributed by atoms with E-state index in [4.69, 9.17) is 10.00 Å². The van der Waals surface area contributed by atoms with Gasteiger partial charge in [0.1, 0.15) is 0 Å². The van der Waals surface area contributed by atoms with Crippen molar-refractivity contribution >= 4 is 11.6 Å². The van der Waals surface area contributed by atoms with Crippen LogP contribution < -0.4 is 5.32 Å². The summed E-state index contributed by atoms with van der Waals surface area (Å²) >= 11 is 0. The number of hydrogen-bond acceptors (Lipinski definition) is 4. The van der Waals surface area contributed by atoms with Crippen molar-refractivity contribution in [1.29, 1.82) is 5.26 Å². The number of rotatable bonds is 6. The fraction of sp³-hybridized carbons (Fsp3) is 0.556. The largest absolute Gasteiger partial charge is 0.378 e. The van der Waals surface area contributed by atoms with Crippen LogP contribution in [0.1, 0.15) is 32.3 Å². The van der Waals surface area contributed by atoms with Gasteiger partial charge in [0.05, 0.1) is 24.3 Å². The molecule has 0 unspecified atom stereocenters. The minimum atomic E-state index is 0.108. The summed E-state index contributed by atoms with van der Waals surface area (Å²) in [6, 6.07) is 9.19. The summed E-state index contributed by atoms with van der Waals surface area (Å²) in [6.45, 7) is 6.89. The fourth-order valence-corrected chi connectivity index (χ4v) is 2.55. The molecule has 1 aliphatic heterocycles. The predicted octanol–water partition coefficient (Wildman–Crippen LogP) is 2.63. The summed E-state index contributed by atoms with van der Waals surface area (Å²) in [5.74, 6) is 0.656. The van der Waals surface area contributed by atoms with Gasteiger partial charge < -0.3 is 15.0 Å². The number of amides is 1. The number of ether oxygens (including phenoxy) is 1. The molecule has 0 saturated carbocycles. The molecule has 1 heterocycles. The molecule has 23 heavy (non-hydrogen) atoms. The lowest BCUT2D eigenvalue weighted by Crippen LogP contribution is -2.43. The van der Waals surface area contributed by atoms with E-state index in [1.807, 2.05) is 17.0 Å². The Balaban J connectivity index is 1.71. The summed E-state index contributed by atoms with van der Waals surface area (Å²) in [5.41, 5.74) is 1.47. The molecule has 0 aromatic heterocycles. The average Bonchev–Trinajstić information content (AvgIpc) is 2.58. The van der Waals surface area contributed by atoms with E-state index in [9.17, 15) is 4.79 Å². The molecular weight excluding hydrogens is 290 g/mol. The zero-order valence-corrected chi connectivity index (χ0v) is 13.9. The third kappa shape index (κ3) is 5.57. The Hall–Kier alpha value is -2.06. The summed E-state index contributed by atoms with van der Waals surface area (Å²) in [4.78, 5) is 14.1. The molecule has 0 atom stereocenters. The first-order valence-corrected chi connectivity index (χ1v) is 8.22. The van der Waals surface area contributed by atoms with Gasteiger partial charge in [-0.1, -0.05) is 13.8 Å². The van der Waals surface area contributed by atoms with Crippen LogP contribution in [0.4, 0.5) is 5.69 Å². The minimum Gasteiger partial charge on any atom is -0.378 e. The second kappa shape index (κ2) is 8.54. The number of hydrogen-bond donors (Lipinski definition) is 1. The molecule has 124 valence electrons. The van der Waals surface area contributed by atoms with E-state index < -0.39 is 0 Å². The highest BCUT2D eigenvalue weighted by Gasteiger charge is 2.23. The zero-order valence-electron chi connectivity index (χ0n) is 13.9. The van der Waals surface area contributed by atoms with Crippen molar-refractivity contribution in [2.75, 3.05) is 31.6 Å². The van der Waals surface area contributed by atoms with Crippen molar-refractivity contribution in [2.24, 2.45) is 5.92 Å². The topological polar surface area (TPSA) is 65.4 Å². The van der Waals surface area contributed by atoms with Crippen molar-refractivity contribution in [3.05, 3.63) is 29.8 Å². The summed E-state index contributed by atoms with van der Waals surface area (Å²) in [5, 5.41) is 11.9. The molecule has 2 rings (SSSR count). The van der Waals surface area contributed by atoms with E-state index in [2.05, 4.69) is 25.2 Å². The van der Waals surface area contributed by atoms with Crippen LogP contribution >= 0.6 is 0 Å². The summed E-state index contributed by atoms with van der Waals surface area (Å²) < 4.78 is 5.84. The van der Waals surface area contributed by atoms with Crippen LogP contribution in [0.25, 0.3) is 0 Å². The second-order valence-electron chi connectivity index (χ2n) is 6.35. The maximum Gasteiger partial charge on any atom is 0.241 e. The molecule has 0 spiro atoms. The maximum absolute atomic E-state index is 12.2. The molecule has 1 N–H and O–H groups in total. The van der Waals surface area contributed by atoms with E-state index in [0.717, 1.165) is 38.2 Å². The van der Waals surface area contributed by atoms with Crippen LogP contribution in [0.3, 0.4) is 0 Å². The number of carbonyl (C=O) groups is 1. The van der Waals surface area contributed by atoms with Crippen LogP contribution in [-0.2, 0) is 9.53 Å². The van der Waals surface area contributed by atoms with Gasteiger partial charge in [0, 0.05) is 25.4 Å². The molecule has 0 aliphatic carbocycles.